The van der Waals surface area contributed by atoms with Crippen LogP contribution < -0.4 is 0 Å². The average Bonchev–Trinajstić information content (AvgIpc) is 2.54. The monoisotopic (exact) mass is 307 g/mol. The van der Waals surface area contributed by atoms with Crippen molar-refractivity contribution in [1.29, 1.82) is 0 Å². The summed E-state index contributed by atoms with van der Waals surface area (Å²) in [7, 11) is -3.05. The van der Waals surface area contributed by atoms with Gasteiger partial charge in [0, 0.05) is 0 Å². The van der Waals surface area contributed by atoms with Crippen LogP contribution in [-0.2, 0) is 22.3 Å². The molecule has 0 atom stereocenters. The second kappa shape index (κ2) is 8.23. The third kappa shape index (κ3) is 5.54. The molecule has 2 rings (SSSR count). The Morgan fingerprint density at radius 2 is 1.19 bits per heavy atom. The smallest absolute Gasteiger partial charge is 0.392 e. The van der Waals surface area contributed by atoms with E-state index in [1.54, 1.807) is 0 Å². The van der Waals surface area contributed by atoms with E-state index in [0.29, 0.717) is 0 Å². The van der Waals surface area contributed by atoms with Gasteiger partial charge in [-0.3, -0.25) is 0 Å². The third-order valence-electron chi connectivity index (χ3n) is 2.93. The first kappa shape index (κ1) is 16.1. The SMILES string of the molecule is OCC[P+](O)(OCc1ccccc1)OCc1ccccc1. The van der Waals surface area contributed by atoms with Crippen LogP contribution in [0.3, 0.4) is 0 Å². The van der Waals surface area contributed by atoms with Crippen molar-refractivity contribution in [2.75, 3.05) is 12.8 Å². The molecule has 112 valence electrons. The fourth-order valence-electron chi connectivity index (χ4n) is 1.79. The van der Waals surface area contributed by atoms with Crippen LogP contribution in [0.25, 0.3) is 0 Å². The molecule has 5 heteroatoms. The van der Waals surface area contributed by atoms with Crippen molar-refractivity contribution < 1.29 is 19.0 Å². The molecule has 2 N–H and O–H groups in total. The molecule has 0 aliphatic heterocycles. The molecule has 0 aromatic heterocycles. The highest BCUT2D eigenvalue weighted by atomic mass is 31.2. The molecule has 4 nitrogen and oxygen atoms in total. The maximum absolute atomic E-state index is 10.4. The van der Waals surface area contributed by atoms with Gasteiger partial charge in [0.05, 0.1) is 6.61 Å². The van der Waals surface area contributed by atoms with Crippen molar-refractivity contribution in [3.8, 4) is 0 Å². The van der Waals surface area contributed by atoms with Crippen LogP contribution in [0.2, 0.25) is 0 Å². The molecule has 0 spiro atoms. The van der Waals surface area contributed by atoms with Gasteiger partial charge >= 0.3 is 7.94 Å². The minimum absolute atomic E-state index is 0.104. The summed E-state index contributed by atoms with van der Waals surface area (Å²) in [6.07, 6.45) is 0.104. The van der Waals surface area contributed by atoms with E-state index in [4.69, 9.17) is 14.2 Å². The van der Waals surface area contributed by atoms with Crippen molar-refractivity contribution in [1.82, 2.24) is 0 Å². The lowest BCUT2D eigenvalue weighted by atomic mass is 10.2. The second-order valence-electron chi connectivity index (χ2n) is 4.60. The lowest BCUT2D eigenvalue weighted by Gasteiger charge is -2.16. The lowest BCUT2D eigenvalue weighted by molar-refractivity contribution is 0.156. The van der Waals surface area contributed by atoms with Crippen LogP contribution in [0.5, 0.6) is 0 Å². The van der Waals surface area contributed by atoms with Crippen molar-refractivity contribution in [3.05, 3.63) is 71.8 Å². The minimum Gasteiger partial charge on any atom is -0.392 e. The van der Waals surface area contributed by atoms with E-state index in [1.165, 1.54) is 0 Å². The molecular weight excluding hydrogens is 287 g/mol. The van der Waals surface area contributed by atoms with E-state index < -0.39 is 7.94 Å². The zero-order chi connectivity index (χ0) is 15.0. The van der Waals surface area contributed by atoms with Crippen LogP contribution in [0.15, 0.2) is 60.7 Å². The van der Waals surface area contributed by atoms with Crippen molar-refractivity contribution in [3.63, 3.8) is 0 Å². The maximum Gasteiger partial charge on any atom is 0.411 e. The van der Waals surface area contributed by atoms with E-state index in [2.05, 4.69) is 0 Å². The van der Waals surface area contributed by atoms with Gasteiger partial charge in [0.2, 0.25) is 0 Å². The molecule has 0 saturated carbocycles. The number of rotatable bonds is 8. The Kier molecular flexibility index (Phi) is 6.30. The summed E-state index contributed by atoms with van der Waals surface area (Å²) in [5.74, 6) is 0. The van der Waals surface area contributed by atoms with E-state index >= 15 is 0 Å². The molecule has 0 aliphatic rings. The zero-order valence-corrected chi connectivity index (χ0v) is 12.7. The summed E-state index contributed by atoms with van der Waals surface area (Å²) >= 11 is 0. The summed E-state index contributed by atoms with van der Waals surface area (Å²) in [6, 6.07) is 19.1. The minimum atomic E-state index is -3.05. The fraction of sp³-hybridized carbons (Fsp3) is 0.250. The van der Waals surface area contributed by atoms with Crippen molar-refractivity contribution in [2.24, 2.45) is 0 Å². The van der Waals surface area contributed by atoms with Gasteiger partial charge in [-0.25, -0.2) is 0 Å². The van der Waals surface area contributed by atoms with E-state index in [-0.39, 0.29) is 26.0 Å². The third-order valence-corrected chi connectivity index (χ3v) is 4.76. The normalized spacial score (nSPS) is 11.5. The summed E-state index contributed by atoms with van der Waals surface area (Å²) in [4.78, 5) is 10.4. The van der Waals surface area contributed by atoms with Gasteiger partial charge < -0.3 is 5.11 Å². The Morgan fingerprint density at radius 1 is 0.762 bits per heavy atom. The predicted molar refractivity (Wildman–Crippen MR) is 83.6 cm³/mol. The van der Waals surface area contributed by atoms with Gasteiger partial charge in [-0.2, -0.15) is 13.9 Å². The van der Waals surface area contributed by atoms with Crippen LogP contribution in [-0.4, -0.2) is 22.8 Å². The van der Waals surface area contributed by atoms with Gasteiger partial charge in [-0.1, -0.05) is 60.7 Å². The molecule has 0 heterocycles. The molecular formula is C16H20O4P+. The van der Waals surface area contributed by atoms with Crippen molar-refractivity contribution >= 4 is 7.94 Å². The number of aliphatic hydroxyl groups is 1. The van der Waals surface area contributed by atoms with Crippen LogP contribution >= 0.6 is 7.94 Å². The van der Waals surface area contributed by atoms with E-state index in [0.717, 1.165) is 11.1 Å². The topological polar surface area (TPSA) is 58.9 Å². The maximum atomic E-state index is 10.4. The standard InChI is InChI=1S/C16H20O4P/c17-11-12-21(18,19-13-15-7-3-1-4-8-15)20-14-16-9-5-2-6-10-16/h1-10,17-18H,11-14H2/q+1. The number of hydrogen-bond acceptors (Lipinski definition) is 4. The molecule has 0 aliphatic carbocycles. The van der Waals surface area contributed by atoms with Crippen LogP contribution in [0.1, 0.15) is 11.1 Å². The molecule has 0 unspecified atom stereocenters. The molecule has 0 radical (unpaired) electrons. The average molecular weight is 307 g/mol. The van der Waals surface area contributed by atoms with Crippen LogP contribution in [0.4, 0.5) is 0 Å². The fourth-order valence-corrected chi connectivity index (χ4v) is 3.08. The molecule has 0 saturated heterocycles. The Balaban J connectivity index is 1.92. The Morgan fingerprint density at radius 3 is 1.57 bits per heavy atom. The first-order chi connectivity index (χ1) is 10.2. The summed E-state index contributed by atoms with van der Waals surface area (Å²) in [5, 5.41) is 9.10. The quantitative estimate of drug-likeness (QED) is 0.736. The van der Waals surface area contributed by atoms with Gasteiger partial charge in [0.25, 0.3) is 0 Å². The molecule has 0 amide bonds. The molecule has 0 bridgehead atoms. The number of benzene rings is 2. The molecule has 21 heavy (non-hydrogen) atoms. The highest BCUT2D eigenvalue weighted by molar-refractivity contribution is 7.60. The summed E-state index contributed by atoms with van der Waals surface area (Å²) in [5.41, 5.74) is 1.91. The zero-order valence-electron chi connectivity index (χ0n) is 11.8. The molecule has 0 fully saturated rings. The summed E-state index contributed by atoms with van der Waals surface area (Å²) < 4.78 is 11.1. The largest absolute Gasteiger partial charge is 0.411 e. The lowest BCUT2D eigenvalue weighted by Crippen LogP contribution is -2.10. The first-order valence-corrected chi connectivity index (χ1v) is 8.57. The molecule has 2 aromatic carbocycles. The van der Waals surface area contributed by atoms with Gasteiger partial charge in [-0.15, -0.1) is 0 Å². The van der Waals surface area contributed by atoms with E-state index in [9.17, 15) is 4.89 Å². The predicted octanol–water partition coefficient (Wildman–Crippen LogP) is 3.17. The van der Waals surface area contributed by atoms with Gasteiger partial charge in [0.1, 0.15) is 13.2 Å². The summed E-state index contributed by atoms with van der Waals surface area (Å²) in [6.45, 7) is 0.355. The Labute approximate surface area is 125 Å². The second-order valence-corrected chi connectivity index (χ2v) is 6.84. The van der Waals surface area contributed by atoms with Gasteiger partial charge in [-0.05, 0) is 11.1 Å². The first-order valence-electron chi connectivity index (χ1n) is 6.80. The van der Waals surface area contributed by atoms with E-state index in [1.807, 2.05) is 60.7 Å². The Bertz CT molecular complexity index is 475. The van der Waals surface area contributed by atoms with Crippen LogP contribution in [0, 0.1) is 0 Å². The number of hydrogen-bond donors (Lipinski definition) is 2. The van der Waals surface area contributed by atoms with Gasteiger partial charge in [0.15, 0.2) is 6.16 Å². The Hall–Kier alpha value is -1.29. The highest BCUT2D eigenvalue weighted by Gasteiger charge is 2.40. The highest BCUT2D eigenvalue weighted by Crippen LogP contribution is 2.57. The van der Waals surface area contributed by atoms with Crippen molar-refractivity contribution in [2.45, 2.75) is 13.2 Å². The molecule has 2 aromatic rings. The number of aliphatic hydroxyl groups excluding tert-OH is 1.